The van der Waals surface area contributed by atoms with Crippen LogP contribution in [0.25, 0.3) is 0 Å². The highest BCUT2D eigenvalue weighted by Gasteiger charge is 2.05. The highest BCUT2D eigenvalue weighted by atomic mass is 19.1. The van der Waals surface area contributed by atoms with Crippen molar-refractivity contribution in [3.8, 4) is 0 Å². The molecule has 0 bridgehead atoms. The fourth-order valence-electron chi connectivity index (χ4n) is 0.883. The van der Waals surface area contributed by atoms with E-state index in [1.807, 2.05) is 0 Å². The van der Waals surface area contributed by atoms with E-state index in [4.69, 9.17) is 0 Å². The Morgan fingerprint density at radius 3 is 2.79 bits per heavy atom. The molecule has 76 valence electrons. The summed E-state index contributed by atoms with van der Waals surface area (Å²) in [5.41, 5.74) is 0.317. The largest absolute Gasteiger partial charge is 0.459 e. The molecule has 0 radical (unpaired) electrons. The van der Waals surface area contributed by atoms with E-state index in [1.165, 1.54) is 12.1 Å². The second-order valence-corrected chi connectivity index (χ2v) is 2.56. The van der Waals surface area contributed by atoms with E-state index in [0.29, 0.717) is 5.56 Å². The maximum absolute atomic E-state index is 13.0. The second kappa shape index (κ2) is 5.31. The number of nitrogens with two attached hydrogens (primary N) is 1. The van der Waals surface area contributed by atoms with E-state index < -0.39 is 11.8 Å². The molecule has 0 aliphatic heterocycles. The maximum Gasteiger partial charge on any atom is 0.334 e. The van der Waals surface area contributed by atoms with Crippen molar-refractivity contribution in [2.75, 3.05) is 6.61 Å². The van der Waals surface area contributed by atoms with E-state index in [9.17, 15) is 9.18 Å². The van der Waals surface area contributed by atoms with Gasteiger partial charge in [0, 0.05) is 5.56 Å². The number of ether oxygens (including phenoxy) is 1. The van der Waals surface area contributed by atoms with Gasteiger partial charge in [-0.1, -0.05) is 18.2 Å². The third-order valence-corrected chi connectivity index (χ3v) is 1.55. The average molecular weight is 199 g/mol. The number of benzene rings is 1. The standard InChI is InChI=1S/C9H10FNO3/c10-8-4-2-1-3-7(8)5-13-9(12)6-14-11/h1-4H,5-6,11H2. The molecule has 0 atom stereocenters. The molecule has 2 N–H and O–H groups in total. The van der Waals surface area contributed by atoms with Gasteiger partial charge >= 0.3 is 5.97 Å². The predicted molar refractivity (Wildman–Crippen MR) is 46.3 cm³/mol. The van der Waals surface area contributed by atoms with Gasteiger partial charge in [0.05, 0.1) is 0 Å². The number of carbonyl (C=O) groups is 1. The molecule has 0 aliphatic carbocycles. The summed E-state index contributed by atoms with van der Waals surface area (Å²) in [5.74, 6) is 3.62. The molecule has 4 nitrogen and oxygen atoms in total. The van der Waals surface area contributed by atoms with Gasteiger partial charge in [0.15, 0.2) is 6.61 Å². The number of halogens is 1. The average Bonchev–Trinajstić information content (AvgIpc) is 2.17. The Labute approximate surface area is 80.4 Å². The lowest BCUT2D eigenvalue weighted by molar-refractivity contribution is -0.150. The monoisotopic (exact) mass is 199 g/mol. The fourth-order valence-corrected chi connectivity index (χ4v) is 0.883. The van der Waals surface area contributed by atoms with E-state index in [0.717, 1.165) is 0 Å². The topological polar surface area (TPSA) is 61.5 Å². The molecule has 0 saturated heterocycles. The third-order valence-electron chi connectivity index (χ3n) is 1.55. The van der Waals surface area contributed by atoms with Crippen molar-refractivity contribution in [3.63, 3.8) is 0 Å². The van der Waals surface area contributed by atoms with Gasteiger partial charge in [-0.25, -0.2) is 15.1 Å². The Bertz CT molecular complexity index is 317. The van der Waals surface area contributed by atoms with E-state index in [1.54, 1.807) is 12.1 Å². The van der Waals surface area contributed by atoms with Crippen molar-refractivity contribution in [2.45, 2.75) is 6.61 Å². The minimum atomic E-state index is -0.629. The van der Waals surface area contributed by atoms with Crippen LogP contribution >= 0.6 is 0 Å². The first kappa shape index (κ1) is 10.6. The van der Waals surface area contributed by atoms with Crippen molar-refractivity contribution < 1.29 is 18.8 Å². The number of carbonyl (C=O) groups excluding carboxylic acids is 1. The Balaban J connectivity index is 2.46. The molecule has 1 aromatic rings. The van der Waals surface area contributed by atoms with Crippen molar-refractivity contribution in [1.29, 1.82) is 0 Å². The number of hydrogen-bond donors (Lipinski definition) is 1. The van der Waals surface area contributed by atoms with Gasteiger partial charge in [-0.2, -0.15) is 0 Å². The minimum Gasteiger partial charge on any atom is -0.459 e. The van der Waals surface area contributed by atoms with Crippen LogP contribution in [0.4, 0.5) is 4.39 Å². The first-order valence-electron chi connectivity index (χ1n) is 3.94. The van der Waals surface area contributed by atoms with Crippen molar-refractivity contribution in [1.82, 2.24) is 0 Å². The molecule has 0 amide bonds. The number of esters is 1. The zero-order chi connectivity index (χ0) is 10.4. The molecule has 0 fully saturated rings. The van der Waals surface area contributed by atoms with Gasteiger partial charge in [-0.3, -0.25) is 4.84 Å². The van der Waals surface area contributed by atoms with Crippen LogP contribution in [0, 0.1) is 5.82 Å². The quantitative estimate of drug-likeness (QED) is 0.574. The maximum atomic E-state index is 13.0. The molecule has 5 heteroatoms. The summed E-state index contributed by atoms with van der Waals surface area (Å²) >= 11 is 0. The fraction of sp³-hybridized carbons (Fsp3) is 0.222. The molecular formula is C9H10FNO3. The molecule has 0 unspecified atom stereocenters. The first-order valence-corrected chi connectivity index (χ1v) is 3.94. The van der Waals surface area contributed by atoms with Crippen LogP contribution < -0.4 is 5.90 Å². The molecule has 14 heavy (non-hydrogen) atoms. The predicted octanol–water partition coefficient (Wildman–Crippen LogP) is 0.759. The smallest absolute Gasteiger partial charge is 0.334 e. The lowest BCUT2D eigenvalue weighted by atomic mass is 10.2. The molecular weight excluding hydrogens is 189 g/mol. The van der Waals surface area contributed by atoms with Crippen LogP contribution in [-0.4, -0.2) is 12.6 Å². The van der Waals surface area contributed by atoms with Gasteiger partial charge in [0.1, 0.15) is 12.4 Å². The zero-order valence-electron chi connectivity index (χ0n) is 7.40. The molecule has 0 spiro atoms. The zero-order valence-corrected chi connectivity index (χ0v) is 7.40. The lowest BCUT2D eigenvalue weighted by Gasteiger charge is -2.04. The van der Waals surface area contributed by atoms with E-state index >= 15 is 0 Å². The van der Waals surface area contributed by atoms with Crippen LogP contribution in [0.2, 0.25) is 0 Å². The first-order chi connectivity index (χ1) is 6.74. The summed E-state index contributed by atoms with van der Waals surface area (Å²) < 4.78 is 17.6. The summed E-state index contributed by atoms with van der Waals surface area (Å²) in [7, 11) is 0. The minimum absolute atomic E-state index is 0.116. The van der Waals surface area contributed by atoms with Gasteiger partial charge in [-0.05, 0) is 6.07 Å². The van der Waals surface area contributed by atoms with Crippen LogP contribution in [0.3, 0.4) is 0 Å². The molecule has 0 heterocycles. The lowest BCUT2D eigenvalue weighted by Crippen LogP contribution is -2.15. The van der Waals surface area contributed by atoms with Crippen LogP contribution in [0.5, 0.6) is 0 Å². The Kier molecular flexibility index (Phi) is 4.03. The molecule has 1 rings (SSSR count). The SMILES string of the molecule is NOCC(=O)OCc1ccccc1F. The highest BCUT2D eigenvalue weighted by Crippen LogP contribution is 2.07. The van der Waals surface area contributed by atoms with Crippen LogP contribution in [0.15, 0.2) is 24.3 Å². The Hall–Kier alpha value is -1.46. The summed E-state index contributed by atoms with van der Waals surface area (Å²) in [6, 6.07) is 6.05. The van der Waals surface area contributed by atoms with Gasteiger partial charge < -0.3 is 4.74 Å². The van der Waals surface area contributed by atoms with Gasteiger partial charge in [0.2, 0.25) is 0 Å². The Morgan fingerprint density at radius 2 is 2.14 bits per heavy atom. The van der Waals surface area contributed by atoms with Crippen LogP contribution in [-0.2, 0) is 21.0 Å². The summed E-state index contributed by atoms with van der Waals surface area (Å²) in [5, 5.41) is 0. The molecule has 0 saturated carbocycles. The van der Waals surface area contributed by atoms with Crippen molar-refractivity contribution in [2.24, 2.45) is 5.90 Å². The van der Waals surface area contributed by atoms with Gasteiger partial charge in [-0.15, -0.1) is 0 Å². The molecule has 0 aromatic heterocycles. The number of rotatable bonds is 4. The Morgan fingerprint density at radius 1 is 1.43 bits per heavy atom. The molecule has 0 aliphatic rings. The third kappa shape index (κ3) is 3.12. The summed E-state index contributed by atoms with van der Waals surface area (Å²) in [6.45, 7) is -0.455. The van der Waals surface area contributed by atoms with Crippen molar-refractivity contribution >= 4 is 5.97 Å². The van der Waals surface area contributed by atoms with Gasteiger partial charge in [0.25, 0.3) is 0 Å². The van der Waals surface area contributed by atoms with E-state index in [-0.39, 0.29) is 13.2 Å². The second-order valence-electron chi connectivity index (χ2n) is 2.56. The summed E-state index contributed by atoms with van der Waals surface area (Å²) in [4.78, 5) is 14.8. The molecule has 1 aromatic carbocycles. The van der Waals surface area contributed by atoms with E-state index in [2.05, 4.69) is 15.5 Å². The number of hydrogen-bond acceptors (Lipinski definition) is 4. The van der Waals surface area contributed by atoms with Crippen molar-refractivity contribution in [3.05, 3.63) is 35.6 Å². The van der Waals surface area contributed by atoms with Crippen LogP contribution in [0.1, 0.15) is 5.56 Å². The normalized spacial score (nSPS) is 9.86. The summed E-state index contributed by atoms with van der Waals surface area (Å²) in [6.07, 6.45) is 0. The highest BCUT2D eigenvalue weighted by molar-refractivity contribution is 5.70.